The van der Waals surface area contributed by atoms with E-state index in [1.165, 1.54) is 25.5 Å². The number of carbonyl (C=O) groups excluding carboxylic acids is 1. The van der Waals surface area contributed by atoms with E-state index in [0.717, 1.165) is 5.56 Å². The molecule has 2 N–H and O–H groups in total. The van der Waals surface area contributed by atoms with Crippen LogP contribution in [0.5, 0.6) is 11.5 Å². The zero-order valence-corrected chi connectivity index (χ0v) is 19.4. The van der Waals surface area contributed by atoms with Gasteiger partial charge in [-0.1, -0.05) is 29.8 Å². The number of amides is 1. The second-order valence-electron chi connectivity index (χ2n) is 6.57. The van der Waals surface area contributed by atoms with Gasteiger partial charge in [0, 0.05) is 16.3 Å². The average molecular weight is 521 g/mol. The van der Waals surface area contributed by atoms with Crippen LogP contribution in [0.1, 0.15) is 11.1 Å². The summed E-state index contributed by atoms with van der Waals surface area (Å²) < 4.78 is 24.9. The number of hydrogen-bond acceptors (Lipinski definition) is 5. The molecule has 0 aliphatic heterocycles. The number of halogens is 3. The molecule has 0 atom stereocenters. The maximum atomic E-state index is 12.9. The van der Waals surface area contributed by atoms with Crippen molar-refractivity contribution in [2.75, 3.05) is 19.0 Å². The number of anilines is 1. The average Bonchev–Trinajstić information content (AvgIpc) is 2.78. The Morgan fingerprint density at radius 2 is 1.94 bits per heavy atom. The highest BCUT2D eigenvalue weighted by molar-refractivity contribution is 9.10. The molecule has 0 spiro atoms. The lowest BCUT2D eigenvalue weighted by Crippen LogP contribution is -2.25. The van der Waals surface area contributed by atoms with Gasteiger partial charge in [-0.2, -0.15) is 5.10 Å². The fourth-order valence-corrected chi connectivity index (χ4v) is 3.45. The van der Waals surface area contributed by atoms with Crippen molar-refractivity contribution in [3.8, 4) is 11.5 Å². The Kier molecular flexibility index (Phi) is 8.47. The van der Waals surface area contributed by atoms with Crippen LogP contribution in [0, 0.1) is 5.82 Å². The highest BCUT2D eigenvalue weighted by atomic mass is 79.9. The van der Waals surface area contributed by atoms with Gasteiger partial charge >= 0.3 is 0 Å². The van der Waals surface area contributed by atoms with Crippen LogP contribution in [0.15, 0.2) is 70.2 Å². The van der Waals surface area contributed by atoms with Crippen molar-refractivity contribution in [3.05, 3.63) is 87.1 Å². The SMILES string of the molecule is COc1cc(/C=N\NC(=O)CNc2ccc(F)cc2)cc(Br)c1OCc1ccccc1Cl. The summed E-state index contributed by atoms with van der Waals surface area (Å²) in [6, 6.07) is 16.7. The van der Waals surface area contributed by atoms with Crippen LogP contribution in [0.25, 0.3) is 0 Å². The molecule has 9 heteroatoms. The Bertz CT molecular complexity index is 1110. The second-order valence-corrected chi connectivity index (χ2v) is 7.83. The molecular weight excluding hydrogens is 501 g/mol. The van der Waals surface area contributed by atoms with Crippen molar-refractivity contribution >= 4 is 45.3 Å². The summed E-state index contributed by atoms with van der Waals surface area (Å²) in [5.74, 6) is 0.331. The lowest BCUT2D eigenvalue weighted by Gasteiger charge is -2.14. The molecule has 0 bridgehead atoms. The van der Waals surface area contributed by atoms with Crippen LogP contribution >= 0.6 is 27.5 Å². The van der Waals surface area contributed by atoms with Crippen molar-refractivity contribution in [3.63, 3.8) is 0 Å². The van der Waals surface area contributed by atoms with E-state index in [0.29, 0.717) is 32.2 Å². The highest BCUT2D eigenvalue weighted by Gasteiger charge is 2.12. The normalized spacial score (nSPS) is 10.8. The first-order chi connectivity index (χ1) is 15.5. The van der Waals surface area contributed by atoms with E-state index in [4.69, 9.17) is 21.1 Å². The van der Waals surface area contributed by atoms with E-state index >= 15 is 0 Å². The molecular formula is C23H20BrClFN3O3. The van der Waals surface area contributed by atoms with E-state index in [2.05, 4.69) is 31.8 Å². The third kappa shape index (κ3) is 6.70. The molecule has 3 rings (SSSR count). The first-order valence-electron chi connectivity index (χ1n) is 9.51. The minimum absolute atomic E-state index is 0.00912. The van der Waals surface area contributed by atoms with Crippen molar-refractivity contribution in [2.45, 2.75) is 6.61 Å². The Balaban J connectivity index is 1.58. The monoisotopic (exact) mass is 519 g/mol. The number of hydrogen-bond donors (Lipinski definition) is 2. The molecule has 0 unspecified atom stereocenters. The molecule has 0 aliphatic carbocycles. The van der Waals surface area contributed by atoms with Gasteiger partial charge in [-0.05, 0) is 64.0 Å². The molecule has 0 aliphatic rings. The van der Waals surface area contributed by atoms with E-state index in [1.807, 2.05) is 18.2 Å². The number of nitrogens with zero attached hydrogens (tertiary/aromatic N) is 1. The molecule has 0 saturated heterocycles. The van der Waals surface area contributed by atoms with E-state index in [-0.39, 0.29) is 24.9 Å². The Morgan fingerprint density at radius 1 is 1.19 bits per heavy atom. The molecule has 1 amide bonds. The first kappa shape index (κ1) is 23.6. The molecule has 0 aromatic heterocycles. The minimum atomic E-state index is -0.351. The van der Waals surface area contributed by atoms with E-state index in [9.17, 15) is 9.18 Å². The lowest BCUT2D eigenvalue weighted by atomic mass is 10.2. The zero-order valence-electron chi connectivity index (χ0n) is 17.1. The molecule has 6 nitrogen and oxygen atoms in total. The van der Waals surface area contributed by atoms with Crippen LogP contribution in [0.2, 0.25) is 5.02 Å². The summed E-state index contributed by atoms with van der Waals surface area (Å²) in [5.41, 5.74) is 4.60. The number of benzene rings is 3. The zero-order chi connectivity index (χ0) is 22.9. The number of carbonyl (C=O) groups is 1. The predicted molar refractivity (Wildman–Crippen MR) is 127 cm³/mol. The van der Waals surface area contributed by atoms with Crippen LogP contribution < -0.4 is 20.2 Å². The summed E-state index contributed by atoms with van der Waals surface area (Å²) in [6.07, 6.45) is 1.49. The molecule has 0 fully saturated rings. The Hall–Kier alpha value is -3.10. The largest absolute Gasteiger partial charge is 0.493 e. The number of rotatable bonds is 9. The summed E-state index contributed by atoms with van der Waals surface area (Å²) in [7, 11) is 1.54. The molecule has 3 aromatic carbocycles. The Labute approximate surface area is 198 Å². The molecule has 3 aromatic rings. The van der Waals surface area contributed by atoms with Crippen LogP contribution in [-0.4, -0.2) is 25.8 Å². The number of ether oxygens (including phenoxy) is 2. The minimum Gasteiger partial charge on any atom is -0.493 e. The number of nitrogens with one attached hydrogen (secondary N) is 2. The molecule has 166 valence electrons. The third-order valence-electron chi connectivity index (χ3n) is 4.28. The predicted octanol–water partition coefficient (Wildman–Crippen LogP) is 5.39. The molecule has 0 radical (unpaired) electrons. The summed E-state index contributed by atoms with van der Waals surface area (Å²) >= 11 is 9.66. The fourth-order valence-electron chi connectivity index (χ4n) is 2.69. The van der Waals surface area contributed by atoms with Gasteiger partial charge in [0.2, 0.25) is 0 Å². The van der Waals surface area contributed by atoms with Gasteiger partial charge < -0.3 is 14.8 Å². The van der Waals surface area contributed by atoms with Gasteiger partial charge in [0.05, 0.1) is 24.3 Å². The maximum Gasteiger partial charge on any atom is 0.259 e. The summed E-state index contributed by atoms with van der Waals surface area (Å²) in [4.78, 5) is 11.9. The van der Waals surface area contributed by atoms with Gasteiger partial charge in [-0.15, -0.1) is 0 Å². The van der Waals surface area contributed by atoms with Crippen molar-refractivity contribution < 1.29 is 18.7 Å². The smallest absolute Gasteiger partial charge is 0.259 e. The third-order valence-corrected chi connectivity index (χ3v) is 5.24. The van der Waals surface area contributed by atoms with Crippen molar-refractivity contribution in [1.29, 1.82) is 0 Å². The van der Waals surface area contributed by atoms with Crippen LogP contribution in [0.3, 0.4) is 0 Å². The topological polar surface area (TPSA) is 72.0 Å². The summed E-state index contributed by atoms with van der Waals surface area (Å²) in [6.45, 7) is 0.268. The van der Waals surface area contributed by atoms with Gasteiger partial charge in [-0.25, -0.2) is 9.82 Å². The molecule has 32 heavy (non-hydrogen) atoms. The van der Waals surface area contributed by atoms with Crippen molar-refractivity contribution in [1.82, 2.24) is 5.43 Å². The van der Waals surface area contributed by atoms with Crippen LogP contribution in [-0.2, 0) is 11.4 Å². The van der Waals surface area contributed by atoms with Gasteiger partial charge in [-0.3, -0.25) is 4.79 Å². The van der Waals surface area contributed by atoms with Crippen LogP contribution in [0.4, 0.5) is 10.1 Å². The van der Waals surface area contributed by atoms with Crippen molar-refractivity contribution in [2.24, 2.45) is 5.10 Å². The first-order valence-corrected chi connectivity index (χ1v) is 10.7. The maximum absolute atomic E-state index is 12.9. The fraction of sp³-hybridized carbons (Fsp3) is 0.130. The number of hydrazone groups is 1. The van der Waals surface area contributed by atoms with Gasteiger partial charge in [0.25, 0.3) is 5.91 Å². The standard InChI is InChI=1S/C23H20BrClFN3O3/c1-31-21-11-15(10-19(24)23(21)32-14-16-4-2-3-5-20(16)25)12-28-29-22(30)13-27-18-8-6-17(26)7-9-18/h2-12,27H,13-14H2,1H3,(H,29,30)/b28-12-. The second kappa shape index (κ2) is 11.5. The van der Waals surface area contributed by atoms with Gasteiger partial charge in [0.15, 0.2) is 11.5 Å². The van der Waals surface area contributed by atoms with E-state index in [1.54, 1.807) is 30.3 Å². The molecule has 0 heterocycles. The Morgan fingerprint density at radius 3 is 2.66 bits per heavy atom. The molecule has 0 saturated carbocycles. The number of methoxy groups -OCH3 is 1. The summed E-state index contributed by atoms with van der Waals surface area (Å²) in [5, 5.41) is 7.46. The highest BCUT2D eigenvalue weighted by Crippen LogP contribution is 2.37. The lowest BCUT2D eigenvalue weighted by molar-refractivity contribution is -0.119. The van der Waals surface area contributed by atoms with Gasteiger partial charge in [0.1, 0.15) is 12.4 Å². The quantitative estimate of drug-likeness (QED) is 0.293. The van der Waals surface area contributed by atoms with E-state index < -0.39 is 0 Å².